The van der Waals surface area contributed by atoms with Crippen LogP contribution in [0.5, 0.6) is 0 Å². The Morgan fingerprint density at radius 2 is 1.50 bits per heavy atom. The molecule has 2 rings (SSSR count). The Kier molecular flexibility index (Phi) is 3.88. The van der Waals surface area contributed by atoms with Gasteiger partial charge in [-0.2, -0.15) is 26.3 Å². The summed E-state index contributed by atoms with van der Waals surface area (Å²) in [7, 11) is 0. The lowest BCUT2D eigenvalue weighted by Crippen LogP contribution is -2.12. The summed E-state index contributed by atoms with van der Waals surface area (Å²) in [5.74, 6) is -3.41. The van der Waals surface area contributed by atoms with Crippen LogP contribution in [0, 0.1) is 17.7 Å². The van der Waals surface area contributed by atoms with E-state index in [4.69, 9.17) is 0 Å². The molecule has 0 bridgehead atoms. The summed E-state index contributed by atoms with van der Waals surface area (Å²) in [6, 6.07) is 4.34. The van der Waals surface area contributed by atoms with Crippen molar-refractivity contribution in [3.63, 3.8) is 0 Å². The van der Waals surface area contributed by atoms with Gasteiger partial charge in [-0.05, 0) is 23.8 Å². The third kappa shape index (κ3) is 3.05. The molecule has 0 aliphatic heterocycles. The van der Waals surface area contributed by atoms with Crippen LogP contribution in [0.1, 0.15) is 11.1 Å². The molecule has 0 N–H and O–H groups in total. The van der Waals surface area contributed by atoms with E-state index in [-0.39, 0.29) is 0 Å². The van der Waals surface area contributed by atoms with Gasteiger partial charge in [0.1, 0.15) is 17.2 Å². The van der Waals surface area contributed by atoms with Crippen molar-refractivity contribution in [2.45, 2.75) is 12.4 Å². The second-order valence-electron chi connectivity index (χ2n) is 4.28. The predicted octanol–water partition coefficient (Wildman–Crippen LogP) is 5.47. The smallest absolute Gasteiger partial charge is 0.206 e. The highest BCUT2D eigenvalue weighted by Crippen LogP contribution is 2.41. The average Bonchev–Trinajstić information content (AvgIpc) is 2.39. The minimum Gasteiger partial charge on any atom is -0.206 e. The van der Waals surface area contributed by atoms with E-state index in [9.17, 15) is 35.1 Å². The fourth-order valence-corrected chi connectivity index (χ4v) is 1.90. The van der Waals surface area contributed by atoms with Gasteiger partial charge >= 0.3 is 12.4 Å². The first-order chi connectivity index (χ1) is 10.0. The molecule has 0 spiro atoms. The zero-order valence-corrected chi connectivity index (χ0v) is 10.4. The van der Waals surface area contributed by atoms with Crippen LogP contribution >= 0.6 is 0 Å². The highest BCUT2D eigenvalue weighted by Gasteiger charge is 2.39. The Balaban J connectivity index is 2.76. The maximum Gasteiger partial charge on any atom is 0.419 e. The number of alkyl halides is 6. The monoisotopic (exact) mass is 325 g/mol. The van der Waals surface area contributed by atoms with E-state index >= 15 is 0 Å². The lowest BCUT2D eigenvalue weighted by Gasteiger charge is -2.16. The van der Waals surface area contributed by atoms with Gasteiger partial charge in [-0.15, -0.1) is 0 Å². The van der Waals surface area contributed by atoms with Gasteiger partial charge in [0.05, 0.1) is 5.56 Å². The first kappa shape index (κ1) is 16.3. The van der Waals surface area contributed by atoms with Crippen molar-refractivity contribution in [2.24, 2.45) is 0 Å². The predicted molar refractivity (Wildman–Crippen MR) is 60.6 cm³/mol. The second-order valence-corrected chi connectivity index (χ2v) is 4.28. The van der Waals surface area contributed by atoms with Gasteiger partial charge in [-0.1, -0.05) is 12.1 Å². The van der Waals surface area contributed by atoms with E-state index < -0.39 is 46.2 Å². The summed E-state index contributed by atoms with van der Waals surface area (Å²) in [4.78, 5) is 0. The van der Waals surface area contributed by atoms with E-state index in [2.05, 4.69) is 0 Å². The Morgan fingerprint density at radius 3 is 2.05 bits per heavy atom. The van der Waals surface area contributed by atoms with Crippen LogP contribution in [0.15, 0.2) is 30.3 Å². The molecule has 0 atom stereocenters. The molecular weight excluding hydrogens is 320 g/mol. The number of hydrogen-bond donors (Lipinski definition) is 0. The largest absolute Gasteiger partial charge is 0.419 e. The Hall–Kier alpha value is -2.12. The van der Waals surface area contributed by atoms with Crippen LogP contribution in [-0.4, -0.2) is 0 Å². The first-order valence-electron chi connectivity index (χ1n) is 5.66. The van der Waals surface area contributed by atoms with Crippen molar-refractivity contribution in [1.82, 2.24) is 0 Å². The summed E-state index contributed by atoms with van der Waals surface area (Å²) >= 11 is 0. The SMILES string of the molecule is Fc1[c]cc(F)c(-c2cccc(C(F)(F)F)c2)c1C(F)(F)F. The summed E-state index contributed by atoms with van der Waals surface area (Å²) in [6.07, 6.45) is -10.1. The molecule has 0 fully saturated rings. The molecule has 0 aliphatic rings. The molecule has 0 unspecified atom stereocenters. The normalized spacial score (nSPS) is 12.5. The lowest BCUT2D eigenvalue weighted by atomic mass is 9.96. The van der Waals surface area contributed by atoms with Crippen molar-refractivity contribution in [3.05, 3.63) is 59.2 Å². The van der Waals surface area contributed by atoms with Crippen LogP contribution in [0.3, 0.4) is 0 Å². The van der Waals surface area contributed by atoms with Gasteiger partial charge in [0.2, 0.25) is 0 Å². The van der Waals surface area contributed by atoms with Crippen LogP contribution in [0.2, 0.25) is 0 Å². The molecular formula is C14H5F8. The third-order valence-electron chi connectivity index (χ3n) is 2.80. The molecule has 22 heavy (non-hydrogen) atoms. The second kappa shape index (κ2) is 5.26. The molecule has 0 heterocycles. The fourth-order valence-electron chi connectivity index (χ4n) is 1.90. The first-order valence-corrected chi connectivity index (χ1v) is 5.66. The van der Waals surface area contributed by atoms with Gasteiger partial charge in [-0.25, -0.2) is 8.78 Å². The van der Waals surface area contributed by atoms with E-state index in [1.807, 2.05) is 0 Å². The van der Waals surface area contributed by atoms with Crippen molar-refractivity contribution in [2.75, 3.05) is 0 Å². The van der Waals surface area contributed by atoms with Gasteiger partial charge in [0, 0.05) is 11.6 Å². The molecule has 0 aromatic heterocycles. The van der Waals surface area contributed by atoms with Gasteiger partial charge in [0.25, 0.3) is 0 Å². The van der Waals surface area contributed by atoms with Crippen LogP contribution in [0.4, 0.5) is 35.1 Å². The molecule has 0 saturated carbocycles. The summed E-state index contributed by atoms with van der Waals surface area (Å²) in [5.41, 5.74) is -5.28. The molecule has 2 aromatic rings. The maximum absolute atomic E-state index is 13.7. The summed E-state index contributed by atoms with van der Waals surface area (Å²) in [6.45, 7) is 0. The molecule has 8 heteroatoms. The van der Waals surface area contributed by atoms with Crippen LogP contribution in [0.25, 0.3) is 11.1 Å². The van der Waals surface area contributed by atoms with Gasteiger partial charge in [-0.3, -0.25) is 0 Å². The zero-order chi connectivity index (χ0) is 16.7. The molecule has 0 amide bonds. The maximum atomic E-state index is 13.7. The van der Waals surface area contributed by atoms with Crippen LogP contribution in [-0.2, 0) is 12.4 Å². The molecule has 2 aromatic carbocycles. The van der Waals surface area contributed by atoms with Crippen LogP contribution < -0.4 is 0 Å². The minimum atomic E-state index is -5.29. The molecule has 1 radical (unpaired) electrons. The highest BCUT2D eigenvalue weighted by atomic mass is 19.4. The molecule has 0 aliphatic carbocycles. The summed E-state index contributed by atoms with van der Waals surface area (Å²) < 4.78 is 103. The highest BCUT2D eigenvalue weighted by molar-refractivity contribution is 5.69. The van der Waals surface area contributed by atoms with Gasteiger partial charge in [0.15, 0.2) is 0 Å². The third-order valence-corrected chi connectivity index (χ3v) is 2.80. The number of rotatable bonds is 1. The minimum absolute atomic E-state index is 0.306. The molecule has 0 nitrogen and oxygen atoms in total. The standard InChI is InChI=1S/C14H5F8/c15-9-4-5-10(16)12(14(20,21)22)11(9)7-2-1-3-8(6-7)13(17,18)19/h1-4,6H. The fraction of sp³-hybridized carbons (Fsp3) is 0.143. The zero-order valence-electron chi connectivity index (χ0n) is 10.4. The Labute approximate surface area is 119 Å². The number of hydrogen-bond acceptors (Lipinski definition) is 0. The van der Waals surface area contributed by atoms with Crippen molar-refractivity contribution in [3.8, 4) is 11.1 Å². The lowest BCUT2D eigenvalue weighted by molar-refractivity contribution is -0.139. The van der Waals surface area contributed by atoms with E-state index in [0.29, 0.717) is 18.2 Å². The topological polar surface area (TPSA) is 0 Å². The van der Waals surface area contributed by atoms with Crippen molar-refractivity contribution < 1.29 is 35.1 Å². The van der Waals surface area contributed by atoms with E-state index in [1.165, 1.54) is 6.07 Å². The number of halogens is 8. The van der Waals surface area contributed by atoms with E-state index in [1.54, 1.807) is 0 Å². The Morgan fingerprint density at radius 1 is 0.864 bits per heavy atom. The van der Waals surface area contributed by atoms with Gasteiger partial charge < -0.3 is 0 Å². The van der Waals surface area contributed by atoms with Crippen molar-refractivity contribution in [1.29, 1.82) is 0 Å². The quantitative estimate of drug-likeness (QED) is 0.610. The molecule has 117 valence electrons. The molecule has 0 saturated heterocycles. The van der Waals surface area contributed by atoms with Crippen molar-refractivity contribution >= 4 is 0 Å². The number of benzene rings is 2. The summed E-state index contributed by atoms with van der Waals surface area (Å²) in [5, 5.41) is 0. The Bertz CT molecular complexity index is 697. The van der Waals surface area contributed by atoms with E-state index in [0.717, 1.165) is 12.1 Å². The average molecular weight is 325 g/mol.